The van der Waals surface area contributed by atoms with Gasteiger partial charge in [-0.25, -0.2) is 17.7 Å². The molecule has 5 nitrogen and oxygen atoms in total. The van der Waals surface area contributed by atoms with E-state index in [0.29, 0.717) is 4.48 Å². The van der Waals surface area contributed by atoms with Gasteiger partial charge in [0.15, 0.2) is 0 Å². The number of amides is 1. The number of likely N-dealkylation sites (N-methyl/N-ethyl adjacent to an activating group) is 1. The largest absolute Gasteiger partial charge is 0.744 e. The molecule has 0 N–H and O–H groups in total. The average Bonchev–Trinajstić information content (AvgIpc) is 2.55. The van der Waals surface area contributed by atoms with Crippen LogP contribution in [-0.2, 0) is 14.9 Å². The first kappa shape index (κ1) is 18.1. The summed E-state index contributed by atoms with van der Waals surface area (Å²) in [6.07, 6.45) is 5.10. The van der Waals surface area contributed by atoms with Crippen LogP contribution in [0.5, 0.6) is 0 Å². The average molecular weight is 345 g/mol. The third-order valence-corrected chi connectivity index (χ3v) is 4.66. The summed E-state index contributed by atoms with van der Waals surface area (Å²) in [6, 6.07) is 13.8. The van der Waals surface area contributed by atoms with Crippen molar-refractivity contribution in [3.63, 3.8) is 0 Å². The Kier molecular flexibility index (Phi) is 5.33. The Bertz CT molecular complexity index is 857. The van der Waals surface area contributed by atoms with Crippen molar-refractivity contribution >= 4 is 28.3 Å². The molecule has 3 rings (SSSR count). The lowest BCUT2D eigenvalue weighted by Crippen LogP contribution is -2.45. The second-order valence-corrected chi connectivity index (χ2v) is 7.16. The van der Waals surface area contributed by atoms with E-state index >= 15 is 0 Å². The minimum absolute atomic E-state index is 0.178. The van der Waals surface area contributed by atoms with E-state index in [0.717, 1.165) is 29.8 Å². The van der Waals surface area contributed by atoms with Crippen molar-refractivity contribution < 1.29 is 17.8 Å². The number of hydrogen-bond donors (Lipinski definition) is 0. The number of carbonyl (C=O) groups is 1. The smallest absolute Gasteiger partial charge is 0.306 e. The fourth-order valence-corrected chi connectivity index (χ4v) is 2.86. The van der Waals surface area contributed by atoms with Gasteiger partial charge < -0.3 is 4.55 Å². The van der Waals surface area contributed by atoms with Gasteiger partial charge in [-0.3, -0.25) is 0 Å². The van der Waals surface area contributed by atoms with Gasteiger partial charge in [-0.05, 0) is 37.3 Å². The number of benzene rings is 2. The summed E-state index contributed by atoms with van der Waals surface area (Å²) in [5, 5.41) is 0. The topological polar surface area (TPSA) is 74.3 Å². The Morgan fingerprint density at radius 3 is 2.29 bits per heavy atom. The lowest BCUT2D eigenvalue weighted by atomic mass is 10.1. The van der Waals surface area contributed by atoms with E-state index in [4.69, 9.17) is 0 Å². The summed E-state index contributed by atoms with van der Waals surface area (Å²) in [4.78, 5) is 10.8. The van der Waals surface area contributed by atoms with Crippen LogP contribution >= 0.6 is 0 Å². The molecular weight excluding hydrogens is 326 g/mol. The normalized spacial score (nSPS) is 19.0. The molecule has 24 heavy (non-hydrogen) atoms. The van der Waals surface area contributed by atoms with Gasteiger partial charge in [0.25, 0.3) is 0 Å². The fourth-order valence-electron chi connectivity index (χ4n) is 2.40. The fraction of sp³-hybridized carbons (Fsp3) is 0.167. The molecule has 0 radical (unpaired) electrons. The van der Waals surface area contributed by atoms with Crippen molar-refractivity contribution in [1.82, 2.24) is 4.48 Å². The Morgan fingerprint density at radius 2 is 1.71 bits per heavy atom. The zero-order chi connectivity index (χ0) is 17.8. The molecular formula is C18H19NO4S. The van der Waals surface area contributed by atoms with Crippen LogP contribution in [0.25, 0.3) is 6.08 Å². The van der Waals surface area contributed by atoms with E-state index in [9.17, 15) is 17.8 Å². The predicted octanol–water partition coefficient (Wildman–Crippen LogP) is 2.71. The van der Waals surface area contributed by atoms with Crippen LogP contribution in [0.3, 0.4) is 0 Å². The standard InChI is InChI=1S/C11H12NO.C7H8O3S/c1-12(9-13)8-4-6-10-5-2-3-7-11(10)12;1-6-2-4-7(5-3-6)11(8,9)10/h2-7,9H,8H2,1H3;2-5H,1H3,(H,8,9,10)/q+1;/p-1. The van der Waals surface area contributed by atoms with Crippen LogP contribution in [0.15, 0.2) is 59.5 Å². The summed E-state index contributed by atoms with van der Waals surface area (Å²) in [5.41, 5.74) is 3.15. The van der Waals surface area contributed by atoms with E-state index in [1.807, 2.05) is 44.3 Å². The summed E-state index contributed by atoms with van der Waals surface area (Å²) in [7, 11) is -2.34. The Morgan fingerprint density at radius 1 is 1.08 bits per heavy atom. The monoisotopic (exact) mass is 345 g/mol. The van der Waals surface area contributed by atoms with E-state index < -0.39 is 10.1 Å². The maximum atomic E-state index is 11.0. The molecule has 0 bridgehead atoms. The first-order valence-electron chi connectivity index (χ1n) is 7.36. The molecule has 0 saturated carbocycles. The third kappa shape index (κ3) is 4.17. The molecule has 0 saturated heterocycles. The van der Waals surface area contributed by atoms with Crippen molar-refractivity contribution in [1.29, 1.82) is 0 Å². The van der Waals surface area contributed by atoms with Crippen molar-refractivity contribution in [3.8, 4) is 0 Å². The highest BCUT2D eigenvalue weighted by Gasteiger charge is 2.27. The number of aryl methyl sites for hydroxylation is 1. The molecule has 126 valence electrons. The second kappa shape index (κ2) is 7.09. The van der Waals surface area contributed by atoms with Crippen molar-refractivity contribution in [2.45, 2.75) is 11.8 Å². The van der Waals surface area contributed by atoms with Crippen LogP contribution < -0.4 is 4.48 Å². The Hall–Kier alpha value is -2.28. The molecule has 2 aromatic carbocycles. The van der Waals surface area contributed by atoms with Gasteiger partial charge in [-0.1, -0.05) is 29.8 Å². The lowest BCUT2D eigenvalue weighted by Gasteiger charge is -2.29. The van der Waals surface area contributed by atoms with Crippen LogP contribution in [0.1, 0.15) is 11.1 Å². The molecule has 1 unspecified atom stereocenters. The lowest BCUT2D eigenvalue weighted by molar-refractivity contribution is -0.116. The van der Waals surface area contributed by atoms with Crippen molar-refractivity contribution in [2.75, 3.05) is 13.6 Å². The molecule has 0 aromatic heterocycles. The highest BCUT2D eigenvalue weighted by molar-refractivity contribution is 7.85. The van der Waals surface area contributed by atoms with Crippen molar-refractivity contribution in [2.24, 2.45) is 0 Å². The Labute approximate surface area is 142 Å². The van der Waals surface area contributed by atoms with E-state index in [2.05, 4.69) is 6.08 Å². The number of rotatable bonds is 2. The quantitative estimate of drug-likeness (QED) is 0.476. The number of carbonyl (C=O) groups excluding carboxylic acids is 1. The minimum Gasteiger partial charge on any atom is -0.744 e. The van der Waals surface area contributed by atoms with Crippen LogP contribution in [0.4, 0.5) is 5.69 Å². The van der Waals surface area contributed by atoms with Gasteiger partial charge in [0.1, 0.15) is 22.4 Å². The number of para-hydroxylation sites is 1. The molecule has 2 aromatic rings. The molecule has 0 spiro atoms. The molecule has 0 fully saturated rings. The van der Waals surface area contributed by atoms with Gasteiger partial charge in [0.05, 0.1) is 11.9 Å². The van der Waals surface area contributed by atoms with Crippen LogP contribution in [-0.4, -0.2) is 33.0 Å². The van der Waals surface area contributed by atoms with Crippen LogP contribution in [0, 0.1) is 6.92 Å². The summed E-state index contributed by atoms with van der Waals surface area (Å²) in [6.45, 7) is 2.57. The first-order valence-corrected chi connectivity index (χ1v) is 8.77. The van der Waals surface area contributed by atoms with Gasteiger partial charge in [0.2, 0.25) is 0 Å². The highest BCUT2D eigenvalue weighted by atomic mass is 32.2. The predicted molar refractivity (Wildman–Crippen MR) is 93.3 cm³/mol. The number of hydrogen-bond acceptors (Lipinski definition) is 4. The number of quaternary nitrogens is 1. The molecule has 1 atom stereocenters. The number of nitrogens with zero attached hydrogens (tertiary/aromatic N) is 1. The maximum Gasteiger partial charge on any atom is 0.306 e. The molecule has 0 aliphatic carbocycles. The first-order chi connectivity index (χ1) is 11.3. The second-order valence-electron chi connectivity index (χ2n) is 5.78. The molecule has 1 heterocycles. The summed E-state index contributed by atoms with van der Waals surface area (Å²) in [5.74, 6) is 0. The third-order valence-electron chi connectivity index (χ3n) is 3.81. The van der Waals surface area contributed by atoms with E-state index in [-0.39, 0.29) is 4.90 Å². The zero-order valence-electron chi connectivity index (χ0n) is 13.5. The highest BCUT2D eigenvalue weighted by Crippen LogP contribution is 2.28. The van der Waals surface area contributed by atoms with E-state index in [1.165, 1.54) is 12.1 Å². The molecule has 1 aliphatic heterocycles. The summed E-state index contributed by atoms with van der Waals surface area (Å²) < 4.78 is 31.5. The molecule has 1 aliphatic rings. The molecule has 6 heteroatoms. The molecule has 1 amide bonds. The zero-order valence-corrected chi connectivity index (χ0v) is 14.4. The van der Waals surface area contributed by atoms with Gasteiger partial charge in [-0.2, -0.15) is 0 Å². The minimum atomic E-state index is -4.27. The van der Waals surface area contributed by atoms with E-state index in [1.54, 1.807) is 12.1 Å². The van der Waals surface area contributed by atoms with Crippen LogP contribution in [0.2, 0.25) is 0 Å². The van der Waals surface area contributed by atoms with Gasteiger partial charge in [0, 0.05) is 11.6 Å². The maximum absolute atomic E-state index is 11.0. The number of fused-ring (bicyclic) bond motifs is 1. The van der Waals surface area contributed by atoms with Crippen molar-refractivity contribution in [3.05, 3.63) is 65.7 Å². The van der Waals surface area contributed by atoms with Gasteiger partial charge >= 0.3 is 6.41 Å². The SMILES string of the molecule is C[N+]1(C=O)CC=Cc2ccccc21.Cc1ccc(S(=O)(=O)[O-])cc1. The van der Waals surface area contributed by atoms with Gasteiger partial charge in [-0.15, -0.1) is 0 Å². The summed E-state index contributed by atoms with van der Waals surface area (Å²) >= 11 is 0. The Balaban J connectivity index is 0.000000177.